The van der Waals surface area contributed by atoms with Gasteiger partial charge in [-0.25, -0.2) is 0 Å². The van der Waals surface area contributed by atoms with E-state index in [-0.39, 0.29) is 5.97 Å². The van der Waals surface area contributed by atoms with E-state index in [2.05, 4.69) is 30.3 Å². The first-order valence-electron chi connectivity index (χ1n) is 9.35. The lowest BCUT2D eigenvalue weighted by atomic mass is 9.66. The number of methoxy groups -OCH3 is 1. The largest absolute Gasteiger partial charge is 0.469 e. The van der Waals surface area contributed by atoms with E-state index >= 15 is 0 Å². The van der Waals surface area contributed by atoms with Crippen molar-refractivity contribution in [1.29, 1.82) is 0 Å². The van der Waals surface area contributed by atoms with Crippen LogP contribution in [-0.2, 0) is 9.53 Å². The Kier molecular flexibility index (Phi) is 5.40. The van der Waals surface area contributed by atoms with Crippen LogP contribution >= 0.6 is 0 Å². The Bertz CT molecular complexity index is 510. The van der Waals surface area contributed by atoms with Crippen LogP contribution in [0.15, 0.2) is 30.3 Å². The molecule has 0 N–H and O–H groups in total. The number of hydrogen-bond acceptors (Lipinski definition) is 2. The maximum absolute atomic E-state index is 11.5. The van der Waals surface area contributed by atoms with Crippen molar-refractivity contribution in [1.82, 2.24) is 0 Å². The minimum atomic E-state index is -0.0699. The lowest BCUT2D eigenvalue weighted by Crippen LogP contribution is -2.26. The average Bonchev–Trinajstić information content (AvgIpc) is 2.87. The van der Waals surface area contributed by atoms with E-state index in [4.69, 9.17) is 4.74 Å². The number of benzene rings is 1. The summed E-state index contributed by atoms with van der Waals surface area (Å²) >= 11 is 0. The molecular weight excluding hydrogens is 284 g/mol. The van der Waals surface area contributed by atoms with Gasteiger partial charge < -0.3 is 4.74 Å². The Morgan fingerprint density at radius 3 is 2.83 bits per heavy atom. The second kappa shape index (κ2) is 7.51. The molecule has 0 aliphatic heterocycles. The van der Waals surface area contributed by atoms with Gasteiger partial charge in [-0.3, -0.25) is 4.79 Å². The Labute approximate surface area is 140 Å². The Hall–Kier alpha value is -1.31. The maximum atomic E-state index is 11.5. The quantitative estimate of drug-likeness (QED) is 0.650. The van der Waals surface area contributed by atoms with Crippen LogP contribution in [0, 0.1) is 11.3 Å². The third-order valence-electron chi connectivity index (χ3n) is 6.33. The van der Waals surface area contributed by atoms with Crippen molar-refractivity contribution in [2.24, 2.45) is 11.3 Å². The summed E-state index contributed by atoms with van der Waals surface area (Å²) in [6, 6.07) is 11.0. The molecule has 0 spiro atoms. The number of fused-ring (bicyclic) bond motifs is 2. The molecule has 0 heterocycles. The Balaban J connectivity index is 1.78. The molecule has 0 amide bonds. The molecule has 1 aromatic carbocycles. The second-order valence-electron chi connectivity index (χ2n) is 7.65. The van der Waals surface area contributed by atoms with Crippen molar-refractivity contribution in [2.75, 3.05) is 7.11 Å². The van der Waals surface area contributed by atoms with Crippen LogP contribution in [0.3, 0.4) is 0 Å². The fourth-order valence-electron chi connectivity index (χ4n) is 5.21. The molecule has 2 aliphatic carbocycles. The highest BCUT2D eigenvalue weighted by atomic mass is 16.5. The van der Waals surface area contributed by atoms with E-state index in [9.17, 15) is 4.79 Å². The summed E-state index contributed by atoms with van der Waals surface area (Å²) in [6.45, 7) is 0. The van der Waals surface area contributed by atoms with Gasteiger partial charge in [-0.1, -0.05) is 49.6 Å². The molecule has 2 fully saturated rings. The van der Waals surface area contributed by atoms with Crippen molar-refractivity contribution >= 4 is 5.97 Å². The van der Waals surface area contributed by atoms with Gasteiger partial charge in [0.05, 0.1) is 7.11 Å². The lowest BCUT2D eigenvalue weighted by molar-refractivity contribution is -0.140. The summed E-state index contributed by atoms with van der Waals surface area (Å²) < 4.78 is 4.82. The molecule has 0 aromatic heterocycles. The summed E-state index contributed by atoms with van der Waals surface area (Å²) in [4.78, 5) is 11.5. The minimum absolute atomic E-state index is 0.0699. The van der Waals surface area contributed by atoms with Crippen LogP contribution in [0.2, 0.25) is 0 Å². The minimum Gasteiger partial charge on any atom is -0.469 e. The van der Waals surface area contributed by atoms with Gasteiger partial charge in [-0.2, -0.15) is 0 Å². The van der Waals surface area contributed by atoms with Gasteiger partial charge in [-0.15, -0.1) is 0 Å². The van der Waals surface area contributed by atoms with E-state index in [0.29, 0.717) is 17.8 Å². The molecule has 0 saturated heterocycles. The molecule has 23 heavy (non-hydrogen) atoms. The predicted octanol–water partition coefficient (Wildman–Crippen LogP) is 5.47. The molecule has 2 bridgehead atoms. The third kappa shape index (κ3) is 3.79. The summed E-state index contributed by atoms with van der Waals surface area (Å²) in [5, 5.41) is 0. The number of rotatable bonds is 6. The van der Waals surface area contributed by atoms with Gasteiger partial charge in [-0.05, 0) is 61.3 Å². The molecular formula is C21H30O2. The zero-order valence-corrected chi connectivity index (χ0v) is 14.4. The van der Waals surface area contributed by atoms with Crippen LogP contribution in [-0.4, -0.2) is 13.1 Å². The smallest absolute Gasteiger partial charge is 0.305 e. The first kappa shape index (κ1) is 16.5. The lowest BCUT2D eigenvalue weighted by Gasteiger charge is -2.38. The van der Waals surface area contributed by atoms with E-state index in [1.807, 2.05) is 0 Å². The highest BCUT2D eigenvalue weighted by Crippen LogP contribution is 2.58. The van der Waals surface area contributed by atoms with E-state index < -0.39 is 0 Å². The van der Waals surface area contributed by atoms with Gasteiger partial charge in [0.1, 0.15) is 0 Å². The molecule has 2 aliphatic rings. The molecule has 2 saturated carbocycles. The fraction of sp³-hybridized carbons (Fsp3) is 0.667. The predicted molar refractivity (Wildman–Crippen MR) is 93.3 cm³/mol. The van der Waals surface area contributed by atoms with Gasteiger partial charge in [0, 0.05) is 6.42 Å². The summed E-state index contributed by atoms with van der Waals surface area (Å²) in [7, 11) is 1.49. The topological polar surface area (TPSA) is 26.3 Å². The second-order valence-corrected chi connectivity index (χ2v) is 7.65. The van der Waals surface area contributed by atoms with Crippen molar-refractivity contribution in [3.05, 3.63) is 35.9 Å². The van der Waals surface area contributed by atoms with E-state index in [1.165, 1.54) is 57.6 Å². The van der Waals surface area contributed by atoms with Crippen molar-refractivity contribution < 1.29 is 9.53 Å². The zero-order chi connectivity index (χ0) is 16.1. The molecule has 3 unspecified atom stereocenters. The van der Waals surface area contributed by atoms with Gasteiger partial charge >= 0.3 is 5.97 Å². The SMILES string of the molecule is COC(=O)CCCC(c1ccccc1)C12CCCCC(CC1)C2. The first-order valence-corrected chi connectivity index (χ1v) is 9.35. The Morgan fingerprint density at radius 2 is 2.04 bits per heavy atom. The molecule has 2 nitrogen and oxygen atoms in total. The van der Waals surface area contributed by atoms with E-state index in [0.717, 1.165) is 18.8 Å². The number of esters is 1. The molecule has 1 aromatic rings. The van der Waals surface area contributed by atoms with Crippen LogP contribution in [0.4, 0.5) is 0 Å². The van der Waals surface area contributed by atoms with Crippen LogP contribution in [0.25, 0.3) is 0 Å². The number of carbonyl (C=O) groups is 1. The highest BCUT2D eigenvalue weighted by Gasteiger charge is 2.45. The molecule has 0 radical (unpaired) electrons. The third-order valence-corrected chi connectivity index (χ3v) is 6.33. The molecule has 3 atom stereocenters. The Morgan fingerprint density at radius 1 is 1.22 bits per heavy atom. The first-order chi connectivity index (χ1) is 11.2. The summed E-state index contributed by atoms with van der Waals surface area (Å²) in [6.07, 6.45) is 12.4. The van der Waals surface area contributed by atoms with Crippen molar-refractivity contribution in [3.63, 3.8) is 0 Å². The highest BCUT2D eigenvalue weighted by molar-refractivity contribution is 5.69. The summed E-state index contributed by atoms with van der Waals surface area (Å²) in [5.41, 5.74) is 1.97. The average molecular weight is 314 g/mol. The maximum Gasteiger partial charge on any atom is 0.305 e. The molecule has 2 heteroatoms. The monoisotopic (exact) mass is 314 g/mol. The van der Waals surface area contributed by atoms with E-state index in [1.54, 1.807) is 0 Å². The van der Waals surface area contributed by atoms with Gasteiger partial charge in [0.15, 0.2) is 0 Å². The van der Waals surface area contributed by atoms with Gasteiger partial charge in [0.2, 0.25) is 0 Å². The standard InChI is InChI=1S/C21H30O2/c1-23-20(22)12-7-11-19(18-9-3-2-4-10-18)21-14-6-5-8-17(16-21)13-15-21/h2-4,9-10,17,19H,5-8,11-16H2,1H3. The fourth-order valence-corrected chi connectivity index (χ4v) is 5.21. The molecule has 126 valence electrons. The van der Waals surface area contributed by atoms with Gasteiger partial charge in [0.25, 0.3) is 0 Å². The van der Waals surface area contributed by atoms with Crippen molar-refractivity contribution in [2.45, 2.75) is 70.1 Å². The zero-order valence-electron chi connectivity index (χ0n) is 14.4. The van der Waals surface area contributed by atoms with Crippen LogP contribution in [0.1, 0.15) is 75.7 Å². The number of carbonyl (C=O) groups excluding carboxylic acids is 1. The van der Waals surface area contributed by atoms with Crippen molar-refractivity contribution in [3.8, 4) is 0 Å². The number of hydrogen-bond donors (Lipinski definition) is 0. The number of ether oxygens (including phenoxy) is 1. The van der Waals surface area contributed by atoms with Crippen LogP contribution < -0.4 is 0 Å². The summed E-state index contributed by atoms with van der Waals surface area (Å²) in [5.74, 6) is 1.49. The normalized spacial score (nSPS) is 28.1. The molecule has 3 rings (SSSR count). The van der Waals surface area contributed by atoms with Crippen LogP contribution in [0.5, 0.6) is 0 Å².